The molecule has 15 N–H and O–H groups in total. The van der Waals surface area contributed by atoms with E-state index in [1.807, 2.05) is 32.0 Å². The SMILES string of the molecule is CC[C@H](C)[C@@H]([C@@H](CC(=O)N1CCC[C@H]1[C@H](OC)[C@@H](C)C(=O)N[C@H](C)[C@@H](O)c1ccccc1)OC)N(C)C(=O)[C@@H](NC(=O)[C@H](C(C)C)N(C)C(=O)[C@H](CCCNC(N)=O)NC(=O)[C@@H](NC(=O)[C@@H](CCCCNC(=O)COC1CCCCC/C(NCCOCCOCCOCCOCCC(=O)NCC[N+](C)(C)C)=C\1N)NC(=O)CCOCCOCCOCCOCCNC(=O)OC[C@@H]1[C@@H]2CC/C=C\CC[C@@H]21)C(C)C)C(C)C. The van der Waals surface area contributed by atoms with Crippen LogP contribution in [0.25, 0.3) is 0 Å². The van der Waals surface area contributed by atoms with Crippen LogP contribution in [0.3, 0.4) is 0 Å². The van der Waals surface area contributed by atoms with E-state index in [1.165, 1.54) is 31.1 Å². The van der Waals surface area contributed by atoms with Crippen molar-refractivity contribution in [2.45, 2.75) is 270 Å². The molecule has 17 atom stereocenters. The van der Waals surface area contributed by atoms with Gasteiger partial charge in [0, 0.05) is 79.6 Å². The van der Waals surface area contributed by atoms with E-state index >= 15 is 14.4 Å². The molecule has 1 saturated carbocycles. The zero-order chi connectivity index (χ0) is 107. The van der Waals surface area contributed by atoms with Gasteiger partial charge in [-0.05, 0) is 144 Å². The minimum Gasteiger partial charge on any atom is -0.449 e. The standard InChI is InChI=1S/C104H182N16O25/c1-18-73(8)94(85(134-16)67-89(124)119-49-32-40-83(119)96(135-17)74(9)97(126)112-75(10)95(125)76-33-23-21-24-34-76)118(12)102(131)92(71(4)5)116-100(129)93(72(6)7)117(11)101(130)82(39-31-45-110-103(106)132)114-99(128)91(70(2)3)115-98(127)81(113-87(122)43-52-137-56-60-141-64-66-143-62-58-139-54-48-111-104(133)145-68-79-77-35-25-19-20-26-36-78(77)79)38-29-30-44-108-88(123)69-144-84-41-28-22-27-37-80(90(84)105)107-47-53-138-57-61-142-65-63-140-59-55-136-51-42-86(121)109-46-50-120(13,14)15/h19-21,23-24,33-34,70-75,77-79,81-85,91-96,107,125H,18,22,25-32,35-69,105H2,1-17H3,(H10-,106,108,109,110,111,112,113,114,115,116,121,122,123,126,127,128,129,132,133)/p+1/b20-19-,90-80-/t73-,74+,75+,77-,78+,79-,81+,82-,83-,84?,85+,91-,92-,93-,94-,95+,96+/m0/s1. The molecule has 1 aromatic carbocycles. The molecule has 5 rings (SSSR count). The topological polar surface area (TPSA) is 518 Å². The maximum absolute atomic E-state index is 15.3. The summed E-state index contributed by atoms with van der Waals surface area (Å²) in [7, 11) is 12.2. The third-order valence-corrected chi connectivity index (χ3v) is 27.2. The van der Waals surface area contributed by atoms with Crippen molar-refractivity contribution in [3.63, 3.8) is 0 Å². The smallest absolute Gasteiger partial charge is 0.407 e. The first kappa shape index (κ1) is 126. The number of rotatable bonds is 75. The zero-order valence-electron chi connectivity index (χ0n) is 90.1. The number of likely N-dealkylation sites (N-methyl/N-ethyl adjacent to an activating group) is 3. The minimum atomic E-state index is -1.38. The largest absolute Gasteiger partial charge is 0.449 e. The molecule has 2 fully saturated rings. The van der Waals surface area contributed by atoms with Gasteiger partial charge >= 0.3 is 12.1 Å². The number of aliphatic hydroxyl groups excluding tert-OH is 1. The van der Waals surface area contributed by atoms with E-state index in [-0.39, 0.29) is 108 Å². The summed E-state index contributed by atoms with van der Waals surface area (Å²) in [6, 6.07) is -0.00336. The predicted molar refractivity (Wildman–Crippen MR) is 549 cm³/mol. The van der Waals surface area contributed by atoms with E-state index in [9.17, 15) is 48.3 Å². The summed E-state index contributed by atoms with van der Waals surface area (Å²) in [6.07, 6.45) is 11.9. The Hall–Kier alpha value is -8.98. The van der Waals surface area contributed by atoms with Crippen molar-refractivity contribution in [2.75, 3.05) is 214 Å². The molecule has 0 spiro atoms. The van der Waals surface area contributed by atoms with Gasteiger partial charge in [-0.25, -0.2) is 9.59 Å². The van der Waals surface area contributed by atoms with Crippen LogP contribution in [0.15, 0.2) is 53.9 Å². The Kier molecular flexibility index (Phi) is 61.8. The van der Waals surface area contributed by atoms with Crippen molar-refractivity contribution in [1.82, 2.24) is 67.9 Å². The number of fused-ring (bicyclic) bond motifs is 1. The summed E-state index contributed by atoms with van der Waals surface area (Å²) < 4.78 is 69.9. The fourth-order valence-electron chi connectivity index (χ4n) is 18.6. The maximum atomic E-state index is 15.3. The first-order valence-corrected chi connectivity index (χ1v) is 52.9. The lowest BCUT2D eigenvalue weighted by atomic mass is 9.89. The van der Waals surface area contributed by atoms with Gasteiger partial charge < -0.3 is 146 Å². The van der Waals surface area contributed by atoms with Gasteiger partial charge in [-0.3, -0.25) is 47.9 Å². The average Bonchev–Trinajstić information content (AvgIpc) is 1.64. The number of carbonyl (C=O) groups excluding carboxylic acids is 12. The molecular weight excluding hydrogens is 1870 g/mol. The van der Waals surface area contributed by atoms with Crippen molar-refractivity contribution in [2.24, 2.45) is 58.8 Å². The highest BCUT2D eigenvalue weighted by Gasteiger charge is 2.50. The van der Waals surface area contributed by atoms with Crippen LogP contribution in [0.4, 0.5) is 9.59 Å². The summed E-state index contributed by atoms with van der Waals surface area (Å²) in [4.78, 5) is 172. The Morgan fingerprint density at radius 1 is 0.531 bits per heavy atom. The van der Waals surface area contributed by atoms with E-state index in [0.29, 0.717) is 186 Å². The van der Waals surface area contributed by atoms with E-state index in [0.717, 1.165) is 61.7 Å². The molecule has 1 saturated heterocycles. The first-order valence-electron chi connectivity index (χ1n) is 52.9. The van der Waals surface area contributed by atoms with Crippen molar-refractivity contribution in [3.8, 4) is 0 Å². The lowest BCUT2D eigenvalue weighted by molar-refractivity contribution is -0.869. The second-order valence-electron chi connectivity index (χ2n) is 40.5. The number of unbranched alkanes of at least 4 members (excludes halogenated alkanes) is 1. The Balaban J connectivity index is 1.19. The highest BCUT2D eigenvalue weighted by molar-refractivity contribution is 5.97. The fourth-order valence-corrected chi connectivity index (χ4v) is 18.6. The number of alkyl carbamates (subject to hydrolysis) is 1. The second-order valence-corrected chi connectivity index (χ2v) is 40.5. The minimum absolute atomic E-state index is 0.00887. The van der Waals surface area contributed by atoms with Crippen LogP contribution in [0, 0.1) is 47.3 Å². The maximum Gasteiger partial charge on any atom is 0.407 e. The highest BCUT2D eigenvalue weighted by atomic mass is 16.6. The molecule has 0 radical (unpaired) electrons. The van der Waals surface area contributed by atoms with Gasteiger partial charge in [-0.15, -0.1) is 0 Å². The number of urea groups is 1. The molecule has 1 aromatic rings. The second kappa shape index (κ2) is 70.8. The number of ether oxygens (including phenoxy) is 12. The van der Waals surface area contributed by atoms with Gasteiger partial charge in [0.2, 0.25) is 59.1 Å². The molecule has 1 heterocycles. The quantitative estimate of drug-likeness (QED) is 0.0227. The zero-order valence-corrected chi connectivity index (χ0v) is 90.1. The highest BCUT2D eigenvalue weighted by Crippen LogP contribution is 2.53. The van der Waals surface area contributed by atoms with Crippen molar-refractivity contribution < 1.29 is 124 Å². The number of nitrogens with two attached hydrogens (primary N) is 2. The molecular formula is C104H183N16O25+. The fraction of sp³-hybridized carbons (Fsp3) is 0.788. The van der Waals surface area contributed by atoms with Crippen molar-refractivity contribution in [1.29, 1.82) is 0 Å². The molecule has 0 aromatic heterocycles. The van der Waals surface area contributed by atoms with E-state index in [4.69, 9.17) is 68.3 Å². The lowest BCUT2D eigenvalue weighted by Gasteiger charge is -2.41. The number of benzene rings is 1. The lowest BCUT2D eigenvalue weighted by Crippen LogP contribution is -2.62. The summed E-state index contributed by atoms with van der Waals surface area (Å²) in [5.41, 5.74) is 14.2. The van der Waals surface area contributed by atoms with Gasteiger partial charge in [-0.1, -0.05) is 124 Å². The number of likely N-dealkylation sites (tertiary alicyclic amines) is 1. The Labute approximate surface area is 861 Å². The number of hydrogen-bond acceptors (Lipinski definition) is 27. The Morgan fingerprint density at radius 3 is 1.66 bits per heavy atom. The average molecular weight is 2060 g/mol. The van der Waals surface area contributed by atoms with Gasteiger partial charge in [0.1, 0.15) is 36.8 Å². The number of primary amides is 1. The number of aliphatic hydroxyl groups is 1. The van der Waals surface area contributed by atoms with Gasteiger partial charge in [0.15, 0.2) is 0 Å². The third kappa shape index (κ3) is 48.5. The number of nitrogens with zero attached hydrogens (tertiary/aromatic N) is 4. The van der Waals surface area contributed by atoms with Crippen molar-refractivity contribution in [3.05, 3.63) is 59.4 Å². The number of methoxy groups -OCH3 is 2. The molecule has 41 nitrogen and oxygen atoms in total. The Bertz CT molecular complexity index is 4000. The summed E-state index contributed by atoms with van der Waals surface area (Å²) in [5, 5.41) is 40.0. The number of nitrogens with one attached hydrogen (secondary N) is 10. The molecule has 4 aliphatic rings. The van der Waals surface area contributed by atoms with Gasteiger partial charge in [0.05, 0.1) is 207 Å². The molecule has 41 heteroatoms. The number of hydrogen-bond donors (Lipinski definition) is 13. The normalized spacial score (nSPS) is 19.7. The molecule has 1 unspecified atom stereocenters. The number of allylic oxidation sites excluding steroid dienone is 3. The van der Waals surface area contributed by atoms with Gasteiger partial charge in [0.25, 0.3) is 0 Å². The number of quaternary nitrogens is 1. The van der Waals surface area contributed by atoms with E-state index < -0.39 is 150 Å². The molecule has 145 heavy (non-hydrogen) atoms. The molecule has 1 aliphatic heterocycles. The summed E-state index contributed by atoms with van der Waals surface area (Å²) >= 11 is 0. The van der Waals surface area contributed by atoms with Crippen LogP contribution < -0.4 is 64.6 Å². The molecule has 0 bridgehead atoms. The molecule has 828 valence electrons. The predicted octanol–water partition coefficient (Wildman–Crippen LogP) is 5.18. The van der Waals surface area contributed by atoms with Crippen molar-refractivity contribution >= 4 is 71.2 Å². The summed E-state index contributed by atoms with van der Waals surface area (Å²) in [6.45, 7) is 25.4. The van der Waals surface area contributed by atoms with E-state index in [2.05, 4.69) is 86.5 Å². The van der Waals surface area contributed by atoms with Crippen LogP contribution in [-0.4, -0.2) is 376 Å². The van der Waals surface area contributed by atoms with E-state index in [1.54, 1.807) is 79.5 Å². The first-order chi connectivity index (χ1) is 69.3. The number of amides is 13. The van der Waals surface area contributed by atoms with Crippen LogP contribution in [-0.2, 0) is 105 Å². The van der Waals surface area contributed by atoms with Crippen LogP contribution in [0.2, 0.25) is 0 Å². The van der Waals surface area contributed by atoms with Crippen LogP contribution >= 0.6 is 0 Å². The molecule has 13 amide bonds. The van der Waals surface area contributed by atoms with Gasteiger partial charge in [-0.2, -0.15) is 0 Å². The molecule has 3 aliphatic carbocycles. The summed E-state index contributed by atoms with van der Waals surface area (Å²) in [5.74, 6) is -6.01. The third-order valence-electron chi connectivity index (χ3n) is 27.2. The van der Waals surface area contributed by atoms with Crippen LogP contribution in [0.1, 0.15) is 209 Å². The monoisotopic (exact) mass is 2060 g/mol. The van der Waals surface area contributed by atoms with Crippen LogP contribution in [0.5, 0.6) is 0 Å². The number of carbonyl (C=O) groups is 12. The Morgan fingerprint density at radius 2 is 1.09 bits per heavy atom.